The maximum Gasteiger partial charge on any atom is 0.410 e. The summed E-state index contributed by atoms with van der Waals surface area (Å²) in [5.74, 6) is 0.113. The van der Waals surface area contributed by atoms with E-state index in [1.165, 1.54) is 47.1 Å². The number of hydrogen-bond donors (Lipinski definition) is 0. The van der Waals surface area contributed by atoms with Crippen LogP contribution >= 0.6 is 0 Å². The van der Waals surface area contributed by atoms with E-state index in [0.29, 0.717) is 6.61 Å². The Hall–Kier alpha value is -3.33. The largest absolute Gasteiger partial charge is 0.448 e. The zero-order valence-corrected chi connectivity index (χ0v) is 20.9. The number of rotatable bonds is 7. The minimum Gasteiger partial charge on any atom is -0.448 e. The van der Waals surface area contributed by atoms with Crippen LogP contribution in [0.3, 0.4) is 0 Å². The van der Waals surface area contributed by atoms with Crippen molar-refractivity contribution in [3.05, 3.63) is 107 Å². The van der Waals surface area contributed by atoms with Crippen molar-refractivity contribution in [3.63, 3.8) is 0 Å². The minimum absolute atomic E-state index is 0.113. The fraction of sp³-hybridized carbons (Fsp3) is 0.364. The number of benzene rings is 3. The second kappa shape index (κ2) is 10.3. The number of amides is 1. The van der Waals surface area contributed by atoms with Crippen LogP contribution in [0, 0.1) is 0 Å². The molecule has 2 unspecified atom stereocenters. The maximum atomic E-state index is 13.4. The molecule has 6 rings (SSSR count). The van der Waals surface area contributed by atoms with Crippen LogP contribution in [-0.2, 0) is 11.2 Å². The summed E-state index contributed by atoms with van der Waals surface area (Å²) < 4.78 is 6.06. The highest BCUT2D eigenvalue weighted by Crippen LogP contribution is 2.45. The summed E-state index contributed by atoms with van der Waals surface area (Å²) in [4.78, 5) is 15.5. The molecular formula is C33H35NO2. The highest BCUT2D eigenvalue weighted by atomic mass is 16.6. The highest BCUT2D eigenvalue weighted by molar-refractivity contribution is 5.79. The Labute approximate surface area is 214 Å². The number of carbonyl (C=O) groups excluding carboxylic acids is 1. The molecule has 3 aromatic carbocycles. The number of carbonyl (C=O) groups is 1. The molecule has 0 aromatic heterocycles. The molecule has 36 heavy (non-hydrogen) atoms. The van der Waals surface area contributed by atoms with E-state index in [2.05, 4.69) is 89.8 Å². The Morgan fingerprint density at radius 1 is 0.806 bits per heavy atom. The molecule has 2 atom stereocenters. The van der Waals surface area contributed by atoms with Gasteiger partial charge in [0.25, 0.3) is 0 Å². The Bertz CT molecular complexity index is 1200. The first-order valence-electron chi connectivity index (χ1n) is 13.6. The molecule has 0 N–H and O–H groups in total. The molecule has 184 valence electrons. The third kappa shape index (κ3) is 4.59. The van der Waals surface area contributed by atoms with E-state index in [9.17, 15) is 4.79 Å². The van der Waals surface area contributed by atoms with Crippen LogP contribution < -0.4 is 0 Å². The third-order valence-corrected chi connectivity index (χ3v) is 8.32. The average molecular weight is 478 g/mol. The van der Waals surface area contributed by atoms with Crippen molar-refractivity contribution in [2.45, 2.75) is 69.4 Å². The van der Waals surface area contributed by atoms with Crippen LogP contribution in [0.1, 0.15) is 67.6 Å². The molecule has 3 heteroatoms. The van der Waals surface area contributed by atoms with E-state index in [1.807, 2.05) is 0 Å². The number of piperidine rings is 1. The number of aryl methyl sites for hydroxylation is 1. The molecule has 2 aliphatic heterocycles. The third-order valence-electron chi connectivity index (χ3n) is 8.32. The molecule has 1 amide bonds. The second-order valence-electron chi connectivity index (χ2n) is 10.6. The quantitative estimate of drug-likeness (QED) is 0.256. The zero-order valence-electron chi connectivity index (χ0n) is 20.9. The van der Waals surface area contributed by atoms with Gasteiger partial charge in [0, 0.05) is 12.0 Å². The van der Waals surface area contributed by atoms with Gasteiger partial charge in [-0.1, -0.05) is 90.5 Å². The molecule has 2 bridgehead atoms. The van der Waals surface area contributed by atoms with Gasteiger partial charge < -0.3 is 4.74 Å². The molecule has 0 spiro atoms. The van der Waals surface area contributed by atoms with Gasteiger partial charge in [-0.05, 0) is 79.2 Å². The molecule has 1 saturated heterocycles. The number of fused-ring (bicyclic) bond motifs is 5. The van der Waals surface area contributed by atoms with Crippen molar-refractivity contribution >= 4 is 6.09 Å². The Kier molecular flexibility index (Phi) is 6.63. The topological polar surface area (TPSA) is 29.5 Å². The predicted octanol–water partition coefficient (Wildman–Crippen LogP) is 7.90. The fourth-order valence-corrected chi connectivity index (χ4v) is 6.58. The summed E-state index contributed by atoms with van der Waals surface area (Å²) in [5, 5.41) is 0. The van der Waals surface area contributed by atoms with E-state index in [4.69, 9.17) is 4.74 Å². The first-order valence-corrected chi connectivity index (χ1v) is 13.6. The molecule has 1 aliphatic carbocycles. The molecule has 2 heterocycles. The highest BCUT2D eigenvalue weighted by Gasteiger charge is 2.38. The number of unbranched alkanes of at least 4 members (excludes halogenated alkanes) is 1. The van der Waals surface area contributed by atoms with Crippen molar-refractivity contribution in [2.24, 2.45) is 0 Å². The molecule has 3 nitrogen and oxygen atoms in total. The van der Waals surface area contributed by atoms with Gasteiger partial charge in [-0.3, -0.25) is 4.90 Å². The van der Waals surface area contributed by atoms with Gasteiger partial charge in [0.15, 0.2) is 0 Å². The minimum atomic E-state index is -0.133. The summed E-state index contributed by atoms with van der Waals surface area (Å²) in [6.45, 7) is 0.402. The van der Waals surface area contributed by atoms with Gasteiger partial charge in [0.05, 0.1) is 6.04 Å². The molecule has 1 fully saturated rings. The first kappa shape index (κ1) is 23.1. The van der Waals surface area contributed by atoms with Gasteiger partial charge in [-0.15, -0.1) is 0 Å². The summed E-state index contributed by atoms with van der Waals surface area (Å²) in [6.07, 6.45) is 11.3. The predicted molar refractivity (Wildman–Crippen MR) is 145 cm³/mol. The lowest BCUT2D eigenvalue weighted by Gasteiger charge is -2.44. The Balaban J connectivity index is 1.08. The van der Waals surface area contributed by atoms with Gasteiger partial charge in [-0.25, -0.2) is 4.79 Å². The standard InChI is InChI=1S/C33H35NO2/c35-33(36-23-32-30-19-8-6-17-28(30)29-18-7-9-20-31(29)32)34-26-15-10-16-27(34)22-25(21-26)14-5-4-13-24-11-2-1-3-12-24/h1-3,6-9,11-12,17-21,26-27,32H,4-5,10,13-16,22-23H2. The lowest BCUT2D eigenvalue weighted by atomic mass is 9.84. The van der Waals surface area contributed by atoms with Gasteiger partial charge in [-0.2, -0.15) is 0 Å². The van der Waals surface area contributed by atoms with Gasteiger partial charge in [0.2, 0.25) is 0 Å². The van der Waals surface area contributed by atoms with Crippen LogP contribution in [-0.4, -0.2) is 29.7 Å². The van der Waals surface area contributed by atoms with Crippen molar-refractivity contribution in [3.8, 4) is 11.1 Å². The van der Waals surface area contributed by atoms with E-state index < -0.39 is 0 Å². The second-order valence-corrected chi connectivity index (χ2v) is 10.6. The number of nitrogens with zero attached hydrogens (tertiary/aromatic N) is 1. The van der Waals surface area contributed by atoms with Gasteiger partial charge in [0.1, 0.15) is 6.61 Å². The monoisotopic (exact) mass is 477 g/mol. The summed E-state index contributed by atoms with van der Waals surface area (Å²) >= 11 is 0. The summed E-state index contributed by atoms with van der Waals surface area (Å²) in [5.41, 5.74) is 8.03. The van der Waals surface area contributed by atoms with Crippen molar-refractivity contribution in [1.29, 1.82) is 0 Å². The fourth-order valence-electron chi connectivity index (χ4n) is 6.58. The molecule has 0 saturated carbocycles. The van der Waals surface area contributed by atoms with Gasteiger partial charge >= 0.3 is 6.09 Å². The van der Waals surface area contributed by atoms with E-state index in [1.54, 1.807) is 5.57 Å². The van der Waals surface area contributed by atoms with E-state index in [0.717, 1.165) is 32.1 Å². The Morgan fingerprint density at radius 2 is 1.47 bits per heavy atom. The lowest BCUT2D eigenvalue weighted by molar-refractivity contribution is 0.0507. The van der Waals surface area contributed by atoms with Crippen molar-refractivity contribution in [2.75, 3.05) is 6.61 Å². The SMILES string of the molecule is O=C(OCC1c2ccccc2-c2ccccc21)N1C2C=C(CCCCc3ccccc3)CC1CCC2. The molecular weight excluding hydrogens is 442 g/mol. The molecule has 3 aromatic rings. The Morgan fingerprint density at radius 3 is 2.19 bits per heavy atom. The van der Waals surface area contributed by atoms with Crippen molar-refractivity contribution in [1.82, 2.24) is 4.90 Å². The zero-order chi connectivity index (χ0) is 24.3. The van der Waals surface area contributed by atoms with E-state index in [-0.39, 0.29) is 24.1 Å². The normalized spacial score (nSPS) is 20.4. The van der Waals surface area contributed by atoms with Crippen LogP contribution in [0.25, 0.3) is 11.1 Å². The molecule has 0 radical (unpaired) electrons. The number of ether oxygens (including phenoxy) is 1. The van der Waals surface area contributed by atoms with Crippen LogP contribution in [0.15, 0.2) is 90.5 Å². The maximum absolute atomic E-state index is 13.4. The average Bonchev–Trinajstić information content (AvgIpc) is 3.23. The summed E-state index contributed by atoms with van der Waals surface area (Å²) in [7, 11) is 0. The lowest BCUT2D eigenvalue weighted by Crippen LogP contribution is -2.52. The van der Waals surface area contributed by atoms with Crippen LogP contribution in [0.4, 0.5) is 4.79 Å². The van der Waals surface area contributed by atoms with Crippen LogP contribution in [0.5, 0.6) is 0 Å². The molecule has 3 aliphatic rings. The van der Waals surface area contributed by atoms with E-state index >= 15 is 0 Å². The first-order chi connectivity index (χ1) is 17.8. The van der Waals surface area contributed by atoms with Crippen LogP contribution in [0.2, 0.25) is 0 Å². The smallest absolute Gasteiger partial charge is 0.410 e. The summed E-state index contributed by atoms with van der Waals surface area (Å²) in [6, 6.07) is 28.3. The van der Waals surface area contributed by atoms with Crippen molar-refractivity contribution < 1.29 is 9.53 Å². The number of hydrogen-bond acceptors (Lipinski definition) is 2.